The Morgan fingerprint density at radius 3 is 2.56 bits per heavy atom. The van der Waals surface area contributed by atoms with Crippen molar-refractivity contribution in [3.8, 4) is 0 Å². The van der Waals surface area contributed by atoms with E-state index in [4.69, 9.17) is 10.5 Å². The van der Waals surface area contributed by atoms with E-state index >= 15 is 0 Å². The van der Waals surface area contributed by atoms with E-state index in [1.807, 2.05) is 30.3 Å². The van der Waals surface area contributed by atoms with E-state index in [1.54, 1.807) is 11.9 Å². The van der Waals surface area contributed by atoms with Gasteiger partial charge >= 0.3 is 6.09 Å². The number of amides is 3. The fourth-order valence-electron chi connectivity index (χ4n) is 2.49. The van der Waals surface area contributed by atoms with Gasteiger partial charge in [-0.15, -0.1) is 0 Å². The molecule has 0 spiro atoms. The Hall–Kier alpha value is -2.57. The Labute approximate surface area is 147 Å². The van der Waals surface area contributed by atoms with Gasteiger partial charge in [-0.05, 0) is 30.7 Å². The molecule has 1 aliphatic carbocycles. The van der Waals surface area contributed by atoms with Gasteiger partial charge < -0.3 is 20.7 Å². The molecule has 136 valence electrons. The van der Waals surface area contributed by atoms with Crippen LogP contribution in [0.5, 0.6) is 0 Å². The number of carbonyl (C=O) groups excluding carboxylic acids is 3. The van der Waals surface area contributed by atoms with Gasteiger partial charge in [-0.3, -0.25) is 9.59 Å². The van der Waals surface area contributed by atoms with Crippen molar-refractivity contribution in [2.75, 3.05) is 13.6 Å². The lowest BCUT2D eigenvalue weighted by molar-refractivity contribution is -0.132. The van der Waals surface area contributed by atoms with Crippen molar-refractivity contribution in [2.24, 2.45) is 11.7 Å². The maximum atomic E-state index is 12.5. The SMILES string of the molecule is CN(CC1CC1)C(=O)[C@H](CCC(N)=O)NC(=O)OCc1ccccc1. The van der Waals surface area contributed by atoms with Crippen LogP contribution in [0.4, 0.5) is 4.79 Å². The summed E-state index contributed by atoms with van der Waals surface area (Å²) >= 11 is 0. The van der Waals surface area contributed by atoms with Gasteiger partial charge in [-0.2, -0.15) is 0 Å². The fraction of sp³-hybridized carbons (Fsp3) is 0.500. The first kappa shape index (κ1) is 18.8. The first-order valence-corrected chi connectivity index (χ1v) is 8.46. The highest BCUT2D eigenvalue weighted by Crippen LogP contribution is 2.29. The van der Waals surface area contributed by atoms with Gasteiger partial charge in [0.2, 0.25) is 11.8 Å². The monoisotopic (exact) mass is 347 g/mol. The van der Waals surface area contributed by atoms with Crippen LogP contribution in [0, 0.1) is 5.92 Å². The highest BCUT2D eigenvalue weighted by atomic mass is 16.5. The van der Waals surface area contributed by atoms with Crippen molar-refractivity contribution in [1.82, 2.24) is 10.2 Å². The number of benzene rings is 1. The molecule has 0 radical (unpaired) electrons. The lowest BCUT2D eigenvalue weighted by Gasteiger charge is -2.24. The Morgan fingerprint density at radius 2 is 1.96 bits per heavy atom. The molecule has 25 heavy (non-hydrogen) atoms. The molecule has 0 aromatic heterocycles. The molecule has 0 saturated heterocycles. The first-order valence-electron chi connectivity index (χ1n) is 8.46. The third-order valence-electron chi connectivity index (χ3n) is 4.09. The zero-order chi connectivity index (χ0) is 18.2. The minimum absolute atomic E-state index is 0.0205. The normalized spacial score (nSPS) is 14.4. The van der Waals surface area contributed by atoms with Crippen LogP contribution in [0.2, 0.25) is 0 Å². The molecule has 0 aliphatic heterocycles. The maximum absolute atomic E-state index is 12.5. The molecule has 2 rings (SSSR count). The maximum Gasteiger partial charge on any atom is 0.408 e. The van der Waals surface area contributed by atoms with Gasteiger partial charge in [0, 0.05) is 20.0 Å². The zero-order valence-corrected chi connectivity index (χ0v) is 14.4. The number of carbonyl (C=O) groups is 3. The second-order valence-electron chi connectivity index (χ2n) is 6.43. The zero-order valence-electron chi connectivity index (χ0n) is 14.4. The molecule has 1 aromatic carbocycles. The summed E-state index contributed by atoms with van der Waals surface area (Å²) in [7, 11) is 1.70. The van der Waals surface area contributed by atoms with Gasteiger partial charge in [-0.25, -0.2) is 4.79 Å². The van der Waals surface area contributed by atoms with Crippen molar-refractivity contribution in [3.63, 3.8) is 0 Å². The Morgan fingerprint density at radius 1 is 1.28 bits per heavy atom. The fourth-order valence-corrected chi connectivity index (χ4v) is 2.49. The summed E-state index contributed by atoms with van der Waals surface area (Å²) in [5, 5.41) is 2.56. The average Bonchev–Trinajstić information content (AvgIpc) is 3.40. The number of nitrogens with two attached hydrogens (primary N) is 1. The summed E-state index contributed by atoms with van der Waals surface area (Å²) in [6.45, 7) is 0.772. The van der Waals surface area contributed by atoms with E-state index in [1.165, 1.54) is 0 Å². The third-order valence-corrected chi connectivity index (χ3v) is 4.09. The molecular formula is C18H25N3O4. The summed E-state index contributed by atoms with van der Waals surface area (Å²) in [6, 6.07) is 8.43. The lowest BCUT2D eigenvalue weighted by atomic mass is 10.1. The second kappa shape index (κ2) is 9.05. The number of nitrogens with one attached hydrogen (secondary N) is 1. The topological polar surface area (TPSA) is 102 Å². The van der Waals surface area contributed by atoms with Gasteiger partial charge in [0.05, 0.1) is 0 Å². The molecule has 0 unspecified atom stereocenters. The van der Waals surface area contributed by atoms with Crippen LogP contribution in [0.15, 0.2) is 30.3 Å². The summed E-state index contributed by atoms with van der Waals surface area (Å²) in [6.07, 6.45) is 1.73. The minimum atomic E-state index is -0.820. The van der Waals surface area contributed by atoms with Crippen LogP contribution in [0.1, 0.15) is 31.2 Å². The predicted octanol–water partition coefficient (Wildman–Crippen LogP) is 1.42. The molecule has 1 atom stereocenters. The molecule has 0 bridgehead atoms. The molecule has 1 aromatic rings. The van der Waals surface area contributed by atoms with Gasteiger partial charge in [0.15, 0.2) is 0 Å². The molecule has 7 heteroatoms. The van der Waals surface area contributed by atoms with Crippen LogP contribution in [0.3, 0.4) is 0 Å². The van der Waals surface area contributed by atoms with Crippen LogP contribution in [0.25, 0.3) is 0 Å². The molecule has 1 aliphatic rings. The van der Waals surface area contributed by atoms with Crippen molar-refractivity contribution in [2.45, 2.75) is 38.3 Å². The first-order chi connectivity index (χ1) is 12.0. The van der Waals surface area contributed by atoms with Crippen LogP contribution < -0.4 is 11.1 Å². The number of hydrogen-bond acceptors (Lipinski definition) is 4. The molecule has 1 saturated carbocycles. The number of rotatable bonds is 9. The van der Waals surface area contributed by atoms with E-state index in [2.05, 4.69) is 5.32 Å². The number of likely N-dealkylation sites (N-methyl/N-ethyl adjacent to an activating group) is 1. The Bertz CT molecular complexity index is 602. The lowest BCUT2D eigenvalue weighted by Crippen LogP contribution is -2.48. The summed E-state index contributed by atoms with van der Waals surface area (Å²) < 4.78 is 5.15. The van der Waals surface area contributed by atoms with Crippen molar-refractivity contribution < 1.29 is 19.1 Å². The highest BCUT2D eigenvalue weighted by molar-refractivity contribution is 5.86. The number of nitrogens with zero attached hydrogens (tertiary/aromatic N) is 1. The number of alkyl carbamates (subject to hydrolysis) is 1. The Balaban J connectivity index is 1.87. The van der Waals surface area contributed by atoms with Crippen molar-refractivity contribution in [3.05, 3.63) is 35.9 Å². The minimum Gasteiger partial charge on any atom is -0.445 e. The molecule has 3 N–H and O–H groups in total. The summed E-state index contributed by atoms with van der Waals surface area (Å²) in [5.74, 6) is -0.206. The van der Waals surface area contributed by atoms with Gasteiger partial charge in [0.1, 0.15) is 12.6 Å². The van der Waals surface area contributed by atoms with Crippen molar-refractivity contribution >= 4 is 17.9 Å². The van der Waals surface area contributed by atoms with E-state index in [0.717, 1.165) is 18.4 Å². The van der Waals surface area contributed by atoms with Crippen LogP contribution in [-0.2, 0) is 20.9 Å². The Kier molecular flexibility index (Phi) is 6.80. The number of ether oxygens (including phenoxy) is 1. The highest BCUT2D eigenvalue weighted by Gasteiger charge is 2.29. The molecular weight excluding hydrogens is 322 g/mol. The summed E-state index contributed by atoms with van der Waals surface area (Å²) in [5.41, 5.74) is 6.02. The van der Waals surface area contributed by atoms with E-state index in [9.17, 15) is 14.4 Å². The largest absolute Gasteiger partial charge is 0.445 e. The van der Waals surface area contributed by atoms with E-state index in [0.29, 0.717) is 12.5 Å². The second-order valence-corrected chi connectivity index (χ2v) is 6.43. The van der Waals surface area contributed by atoms with Crippen LogP contribution in [-0.4, -0.2) is 42.4 Å². The predicted molar refractivity (Wildman–Crippen MR) is 92.3 cm³/mol. The molecule has 3 amide bonds. The number of primary amides is 1. The third kappa shape index (κ3) is 6.82. The molecule has 7 nitrogen and oxygen atoms in total. The number of hydrogen-bond donors (Lipinski definition) is 2. The average molecular weight is 347 g/mol. The van der Waals surface area contributed by atoms with Gasteiger partial charge in [0.25, 0.3) is 0 Å². The standard InChI is InChI=1S/C18H25N3O4/c1-21(11-13-7-8-13)17(23)15(9-10-16(19)22)20-18(24)25-12-14-5-3-2-4-6-14/h2-6,13,15H,7-12H2,1H3,(H2,19,22)(H,20,24)/t15-/m0/s1. The van der Waals surface area contributed by atoms with Crippen molar-refractivity contribution in [1.29, 1.82) is 0 Å². The quantitative estimate of drug-likeness (QED) is 0.705. The summed E-state index contributed by atoms with van der Waals surface area (Å²) in [4.78, 5) is 37.2. The molecule has 1 fully saturated rings. The van der Waals surface area contributed by atoms with E-state index < -0.39 is 18.0 Å². The smallest absolute Gasteiger partial charge is 0.408 e. The van der Waals surface area contributed by atoms with E-state index in [-0.39, 0.29) is 25.4 Å². The molecule has 0 heterocycles. The van der Waals surface area contributed by atoms with Crippen LogP contribution >= 0.6 is 0 Å². The van der Waals surface area contributed by atoms with Gasteiger partial charge in [-0.1, -0.05) is 30.3 Å².